The Morgan fingerprint density at radius 2 is 2.00 bits per heavy atom. The van der Waals surface area contributed by atoms with Crippen molar-refractivity contribution >= 4 is 22.7 Å². The molecule has 0 radical (unpaired) electrons. The van der Waals surface area contributed by atoms with Gasteiger partial charge in [-0.15, -0.1) is 0 Å². The van der Waals surface area contributed by atoms with Crippen molar-refractivity contribution in [3.63, 3.8) is 0 Å². The molecule has 1 aromatic heterocycles. The predicted molar refractivity (Wildman–Crippen MR) is 109 cm³/mol. The van der Waals surface area contributed by atoms with Gasteiger partial charge in [-0.2, -0.15) is 0 Å². The largest absolute Gasteiger partial charge is 0.468 e. The van der Waals surface area contributed by atoms with E-state index in [9.17, 15) is 9.59 Å². The number of aromatic nitrogens is 1. The summed E-state index contributed by atoms with van der Waals surface area (Å²) in [4.78, 5) is 30.6. The second kappa shape index (κ2) is 6.37. The molecule has 2 aliphatic heterocycles. The van der Waals surface area contributed by atoms with Crippen LogP contribution in [0, 0.1) is 5.92 Å². The first-order chi connectivity index (χ1) is 14.0. The number of nitrogens with zero attached hydrogens (tertiary/aromatic N) is 1. The molecule has 5 rings (SSSR count). The molecule has 29 heavy (non-hydrogen) atoms. The van der Waals surface area contributed by atoms with E-state index in [-0.39, 0.29) is 11.8 Å². The first-order valence-corrected chi connectivity index (χ1v) is 9.92. The zero-order valence-corrected chi connectivity index (χ0v) is 16.2. The average Bonchev–Trinajstić information content (AvgIpc) is 3.10. The standard InChI is InChI=1S/C23H23N3O3/c1-23-12-17(16-7-3-5-9-19(16)29-23)20(21(24)27)22(28)26(23)11-10-14-13-25-18-8-4-2-6-15(14)18/h2-9,13,17,20,25H,10-12H2,1H3,(H2,24,27). The van der Waals surface area contributed by atoms with Crippen LogP contribution in [-0.4, -0.2) is 34.0 Å². The molecule has 2 bridgehead atoms. The lowest BCUT2D eigenvalue weighted by Crippen LogP contribution is -2.64. The summed E-state index contributed by atoms with van der Waals surface area (Å²) in [7, 11) is 0. The zero-order chi connectivity index (χ0) is 20.2. The molecule has 3 N–H and O–H groups in total. The topological polar surface area (TPSA) is 88.4 Å². The number of H-pyrrole nitrogens is 1. The van der Waals surface area contributed by atoms with Crippen molar-refractivity contribution in [2.45, 2.75) is 31.4 Å². The van der Waals surface area contributed by atoms with Gasteiger partial charge in [0.1, 0.15) is 11.7 Å². The molecule has 1 fully saturated rings. The van der Waals surface area contributed by atoms with Crippen molar-refractivity contribution in [1.29, 1.82) is 0 Å². The van der Waals surface area contributed by atoms with Crippen LogP contribution in [0.5, 0.6) is 5.75 Å². The minimum Gasteiger partial charge on any atom is -0.468 e. The highest BCUT2D eigenvalue weighted by atomic mass is 16.5. The third-order valence-corrected chi connectivity index (χ3v) is 6.34. The van der Waals surface area contributed by atoms with Gasteiger partial charge in [0.05, 0.1) is 0 Å². The van der Waals surface area contributed by atoms with Crippen molar-refractivity contribution in [2.75, 3.05) is 6.54 Å². The molecule has 2 aliphatic rings. The number of hydrogen-bond acceptors (Lipinski definition) is 3. The number of rotatable bonds is 4. The van der Waals surface area contributed by atoms with Gasteiger partial charge in [-0.25, -0.2) is 0 Å². The average molecular weight is 389 g/mol. The number of carbonyl (C=O) groups is 2. The Labute approximate surface area is 168 Å². The summed E-state index contributed by atoms with van der Waals surface area (Å²) in [6, 6.07) is 15.7. The maximum absolute atomic E-state index is 13.4. The van der Waals surface area contributed by atoms with E-state index in [1.165, 1.54) is 0 Å². The number of fused-ring (bicyclic) bond motifs is 5. The van der Waals surface area contributed by atoms with E-state index in [0.717, 1.165) is 27.8 Å². The fourth-order valence-electron chi connectivity index (χ4n) is 4.95. The Hall–Kier alpha value is -3.28. The van der Waals surface area contributed by atoms with Crippen LogP contribution < -0.4 is 10.5 Å². The van der Waals surface area contributed by atoms with E-state index in [4.69, 9.17) is 10.5 Å². The van der Waals surface area contributed by atoms with E-state index in [1.807, 2.05) is 55.6 Å². The fraction of sp³-hybridized carbons (Fsp3) is 0.304. The smallest absolute Gasteiger partial charge is 0.238 e. The highest BCUT2D eigenvalue weighted by Gasteiger charge is 2.55. The van der Waals surface area contributed by atoms with Crippen LogP contribution in [0.4, 0.5) is 0 Å². The van der Waals surface area contributed by atoms with Crippen LogP contribution in [0.15, 0.2) is 54.7 Å². The van der Waals surface area contributed by atoms with E-state index >= 15 is 0 Å². The van der Waals surface area contributed by atoms with E-state index in [0.29, 0.717) is 19.4 Å². The van der Waals surface area contributed by atoms with E-state index in [1.54, 1.807) is 4.90 Å². The Morgan fingerprint density at radius 3 is 2.83 bits per heavy atom. The molecule has 1 saturated heterocycles. The van der Waals surface area contributed by atoms with Crippen LogP contribution in [0.25, 0.3) is 10.9 Å². The number of carbonyl (C=O) groups excluding carboxylic acids is 2. The molecule has 6 heteroatoms. The number of para-hydroxylation sites is 2. The molecule has 148 valence electrons. The van der Waals surface area contributed by atoms with Crippen LogP contribution >= 0.6 is 0 Å². The minimum atomic E-state index is -0.865. The number of hydrogen-bond donors (Lipinski definition) is 2. The second-order valence-electron chi connectivity index (χ2n) is 8.10. The van der Waals surface area contributed by atoms with Gasteiger partial charge in [0.15, 0.2) is 5.72 Å². The first kappa shape index (κ1) is 17.8. The molecule has 0 aliphatic carbocycles. The highest BCUT2D eigenvalue weighted by molar-refractivity contribution is 6.02. The van der Waals surface area contributed by atoms with Crippen molar-refractivity contribution in [2.24, 2.45) is 11.7 Å². The lowest BCUT2D eigenvalue weighted by molar-refractivity contribution is -0.175. The van der Waals surface area contributed by atoms with Crippen LogP contribution in [0.2, 0.25) is 0 Å². The number of nitrogens with one attached hydrogen (secondary N) is 1. The van der Waals surface area contributed by atoms with Gasteiger partial charge in [0.2, 0.25) is 11.8 Å². The number of ether oxygens (including phenoxy) is 1. The summed E-state index contributed by atoms with van der Waals surface area (Å²) < 4.78 is 6.30. The van der Waals surface area contributed by atoms with Crippen LogP contribution in [0.3, 0.4) is 0 Å². The number of aromatic amines is 1. The molecule has 6 nitrogen and oxygen atoms in total. The van der Waals surface area contributed by atoms with Gasteiger partial charge in [-0.3, -0.25) is 9.59 Å². The van der Waals surface area contributed by atoms with Crippen molar-refractivity contribution in [1.82, 2.24) is 9.88 Å². The SMILES string of the molecule is CC12CC(c3ccccc3O1)C(C(N)=O)C(=O)N2CCc1c[nH]c2ccccc12. The molecule has 3 unspecified atom stereocenters. The zero-order valence-electron chi connectivity index (χ0n) is 16.2. The summed E-state index contributed by atoms with van der Waals surface area (Å²) in [6.45, 7) is 2.39. The monoisotopic (exact) mass is 389 g/mol. The van der Waals surface area contributed by atoms with Crippen molar-refractivity contribution < 1.29 is 14.3 Å². The van der Waals surface area contributed by atoms with E-state index in [2.05, 4.69) is 11.1 Å². The molecule has 0 spiro atoms. The normalized spacial score (nSPS) is 25.6. The molecule has 3 heterocycles. The molecule has 3 aromatic rings. The number of primary amides is 1. The van der Waals surface area contributed by atoms with Gasteiger partial charge in [0, 0.05) is 36.0 Å². The number of likely N-dealkylation sites (tertiary alicyclic amines) is 1. The fourth-order valence-corrected chi connectivity index (χ4v) is 4.95. The Kier molecular flexibility index (Phi) is 3.91. The van der Waals surface area contributed by atoms with Crippen molar-refractivity contribution in [3.05, 3.63) is 65.9 Å². The number of amides is 2. The summed E-state index contributed by atoms with van der Waals surface area (Å²) in [5.74, 6) is -1.21. The van der Waals surface area contributed by atoms with Gasteiger partial charge < -0.3 is 20.4 Å². The molecular weight excluding hydrogens is 366 g/mol. The molecule has 2 amide bonds. The molecule has 3 atom stereocenters. The molecular formula is C23H23N3O3. The van der Waals surface area contributed by atoms with Crippen LogP contribution in [-0.2, 0) is 16.0 Å². The maximum Gasteiger partial charge on any atom is 0.238 e. The number of piperidine rings is 1. The second-order valence-corrected chi connectivity index (χ2v) is 8.10. The molecule has 0 saturated carbocycles. The lowest BCUT2D eigenvalue weighted by atomic mass is 9.73. The summed E-state index contributed by atoms with van der Waals surface area (Å²) in [5.41, 5.74) is 7.98. The summed E-state index contributed by atoms with van der Waals surface area (Å²) in [6.07, 6.45) is 3.19. The predicted octanol–water partition coefficient (Wildman–Crippen LogP) is 2.94. The quantitative estimate of drug-likeness (QED) is 0.673. The van der Waals surface area contributed by atoms with Crippen LogP contribution in [0.1, 0.15) is 30.4 Å². The van der Waals surface area contributed by atoms with Gasteiger partial charge in [0.25, 0.3) is 0 Å². The molecule has 2 aromatic carbocycles. The Bertz CT molecular complexity index is 1120. The minimum absolute atomic E-state index is 0.245. The van der Waals surface area contributed by atoms with Gasteiger partial charge in [-0.1, -0.05) is 36.4 Å². The number of nitrogens with two attached hydrogens (primary N) is 1. The summed E-state index contributed by atoms with van der Waals surface area (Å²) in [5, 5.41) is 1.14. The summed E-state index contributed by atoms with van der Waals surface area (Å²) >= 11 is 0. The van der Waals surface area contributed by atoms with Gasteiger partial charge in [-0.05, 0) is 36.6 Å². The van der Waals surface area contributed by atoms with Gasteiger partial charge >= 0.3 is 0 Å². The Morgan fingerprint density at radius 1 is 1.24 bits per heavy atom. The highest BCUT2D eigenvalue weighted by Crippen LogP contribution is 2.50. The Balaban J connectivity index is 1.50. The number of benzene rings is 2. The lowest BCUT2D eigenvalue weighted by Gasteiger charge is -2.52. The first-order valence-electron chi connectivity index (χ1n) is 9.92. The van der Waals surface area contributed by atoms with E-state index < -0.39 is 17.6 Å². The van der Waals surface area contributed by atoms with Crippen molar-refractivity contribution in [3.8, 4) is 5.75 Å². The third-order valence-electron chi connectivity index (χ3n) is 6.34. The maximum atomic E-state index is 13.4. The third kappa shape index (κ3) is 2.70.